The number of alkyl halides is 1. The van der Waals surface area contributed by atoms with Gasteiger partial charge in [-0.15, -0.1) is 0 Å². The Morgan fingerprint density at radius 1 is 1.07 bits per heavy atom. The lowest BCUT2D eigenvalue weighted by Crippen LogP contribution is -2.31. The first-order valence-corrected chi connectivity index (χ1v) is 6.60. The van der Waals surface area contributed by atoms with Gasteiger partial charge in [-0.3, -0.25) is 0 Å². The van der Waals surface area contributed by atoms with Crippen molar-refractivity contribution in [1.82, 2.24) is 0 Å². The van der Waals surface area contributed by atoms with Crippen molar-refractivity contribution >= 4 is 0 Å². The molecule has 1 saturated carbocycles. The number of halogens is 1. The Morgan fingerprint density at radius 2 is 1.60 bits per heavy atom. The van der Waals surface area contributed by atoms with Gasteiger partial charge in [0.2, 0.25) is 0 Å². The quantitative estimate of drug-likeness (QED) is 0.619. The van der Waals surface area contributed by atoms with Crippen LogP contribution in [0.2, 0.25) is 0 Å². The minimum absolute atomic E-state index is 0.497. The Hall–Kier alpha value is -0.0700. The molecule has 0 heterocycles. The second-order valence-corrected chi connectivity index (χ2v) is 6.32. The summed E-state index contributed by atoms with van der Waals surface area (Å²) in [7, 11) is 0. The molecule has 0 aromatic carbocycles. The van der Waals surface area contributed by atoms with Crippen LogP contribution in [-0.2, 0) is 0 Å². The fourth-order valence-corrected chi connectivity index (χ4v) is 3.03. The Kier molecular flexibility index (Phi) is 4.61. The van der Waals surface area contributed by atoms with Crippen molar-refractivity contribution in [3.05, 3.63) is 0 Å². The van der Waals surface area contributed by atoms with E-state index >= 15 is 0 Å². The van der Waals surface area contributed by atoms with E-state index in [-0.39, 0.29) is 0 Å². The molecule has 0 saturated heterocycles. The lowest BCUT2D eigenvalue weighted by Gasteiger charge is -2.35. The summed E-state index contributed by atoms with van der Waals surface area (Å²) in [6, 6.07) is 0. The molecule has 15 heavy (non-hydrogen) atoms. The van der Waals surface area contributed by atoms with Gasteiger partial charge in [-0.1, -0.05) is 27.7 Å². The molecular weight excluding hydrogens is 187 g/mol. The molecule has 0 nitrogen and oxygen atoms in total. The van der Waals surface area contributed by atoms with Crippen molar-refractivity contribution in [1.29, 1.82) is 0 Å². The van der Waals surface area contributed by atoms with Crippen molar-refractivity contribution in [2.24, 2.45) is 17.8 Å². The molecule has 0 unspecified atom stereocenters. The maximum atomic E-state index is 14.3. The Morgan fingerprint density at radius 3 is 2.00 bits per heavy atom. The molecule has 1 aliphatic carbocycles. The summed E-state index contributed by atoms with van der Waals surface area (Å²) in [5, 5.41) is 0. The third kappa shape index (κ3) is 4.53. The van der Waals surface area contributed by atoms with Crippen LogP contribution >= 0.6 is 0 Å². The molecule has 0 aliphatic heterocycles. The third-order valence-corrected chi connectivity index (χ3v) is 3.58. The van der Waals surface area contributed by atoms with Crippen LogP contribution < -0.4 is 0 Å². The van der Waals surface area contributed by atoms with Crippen LogP contribution in [0.3, 0.4) is 0 Å². The molecule has 1 aliphatic rings. The molecular formula is C14H27F. The highest BCUT2D eigenvalue weighted by Gasteiger charge is 2.35. The molecule has 1 heteroatoms. The van der Waals surface area contributed by atoms with Crippen LogP contribution in [0.15, 0.2) is 0 Å². The van der Waals surface area contributed by atoms with Gasteiger partial charge in [0.1, 0.15) is 5.67 Å². The molecule has 1 fully saturated rings. The fraction of sp³-hybridized carbons (Fsp3) is 1.00. The predicted octanol–water partition coefficient (Wildman–Crippen LogP) is 4.98. The van der Waals surface area contributed by atoms with Gasteiger partial charge in [-0.2, -0.15) is 0 Å². The largest absolute Gasteiger partial charge is 0.244 e. The lowest BCUT2D eigenvalue weighted by atomic mass is 9.74. The molecule has 0 spiro atoms. The maximum absolute atomic E-state index is 14.3. The molecule has 0 bridgehead atoms. The molecule has 0 aromatic heterocycles. The smallest absolute Gasteiger partial charge is 0.111 e. The second kappa shape index (κ2) is 5.32. The second-order valence-electron chi connectivity index (χ2n) is 6.32. The number of hydrogen-bond donors (Lipinski definition) is 0. The standard InChI is InChI=1S/C14H27F/c1-11(2)9-13-5-7-14(15,8-6-13)10-12(3)4/h11-13H,5-10H2,1-4H3. The van der Waals surface area contributed by atoms with Gasteiger partial charge >= 0.3 is 0 Å². The highest BCUT2D eigenvalue weighted by molar-refractivity contribution is 4.86. The number of rotatable bonds is 4. The average Bonchev–Trinajstić information content (AvgIpc) is 2.07. The maximum Gasteiger partial charge on any atom is 0.111 e. The third-order valence-electron chi connectivity index (χ3n) is 3.58. The summed E-state index contributed by atoms with van der Waals surface area (Å²) in [5.41, 5.74) is -0.832. The predicted molar refractivity (Wildman–Crippen MR) is 64.7 cm³/mol. The van der Waals surface area contributed by atoms with E-state index in [1.807, 2.05) is 0 Å². The van der Waals surface area contributed by atoms with Crippen LogP contribution in [0.1, 0.15) is 66.2 Å². The van der Waals surface area contributed by atoms with E-state index in [4.69, 9.17) is 0 Å². The monoisotopic (exact) mass is 214 g/mol. The van der Waals surface area contributed by atoms with Crippen LogP contribution in [-0.4, -0.2) is 5.67 Å². The SMILES string of the molecule is CC(C)CC1CCC(F)(CC(C)C)CC1. The van der Waals surface area contributed by atoms with E-state index in [9.17, 15) is 4.39 Å². The van der Waals surface area contributed by atoms with E-state index in [2.05, 4.69) is 27.7 Å². The Labute approximate surface area is 94.6 Å². The van der Waals surface area contributed by atoms with Crippen molar-refractivity contribution in [2.75, 3.05) is 0 Å². The molecule has 0 amide bonds. The first-order valence-electron chi connectivity index (χ1n) is 6.60. The first kappa shape index (κ1) is 13.0. The molecule has 1 rings (SSSR count). The molecule has 90 valence electrons. The summed E-state index contributed by atoms with van der Waals surface area (Å²) >= 11 is 0. The van der Waals surface area contributed by atoms with Gasteiger partial charge in [0, 0.05) is 0 Å². The normalized spacial score (nSPS) is 32.6. The van der Waals surface area contributed by atoms with E-state index < -0.39 is 5.67 Å². The van der Waals surface area contributed by atoms with Crippen LogP contribution in [0.25, 0.3) is 0 Å². The van der Waals surface area contributed by atoms with Gasteiger partial charge in [-0.05, 0) is 56.3 Å². The minimum Gasteiger partial charge on any atom is -0.244 e. The average molecular weight is 214 g/mol. The Bertz CT molecular complexity index is 176. The van der Waals surface area contributed by atoms with Crippen molar-refractivity contribution in [3.8, 4) is 0 Å². The van der Waals surface area contributed by atoms with Crippen molar-refractivity contribution < 1.29 is 4.39 Å². The summed E-state index contributed by atoms with van der Waals surface area (Å²) in [6.07, 6.45) is 5.90. The van der Waals surface area contributed by atoms with Gasteiger partial charge in [-0.25, -0.2) is 4.39 Å². The van der Waals surface area contributed by atoms with Crippen LogP contribution in [0.5, 0.6) is 0 Å². The van der Waals surface area contributed by atoms with Crippen molar-refractivity contribution in [3.63, 3.8) is 0 Å². The van der Waals surface area contributed by atoms with Gasteiger partial charge in [0.25, 0.3) is 0 Å². The number of hydrogen-bond acceptors (Lipinski definition) is 0. The van der Waals surface area contributed by atoms with Crippen LogP contribution in [0, 0.1) is 17.8 Å². The minimum atomic E-state index is -0.832. The zero-order chi connectivity index (χ0) is 11.5. The molecule has 0 radical (unpaired) electrons. The summed E-state index contributed by atoms with van der Waals surface area (Å²) in [4.78, 5) is 0. The summed E-state index contributed by atoms with van der Waals surface area (Å²) in [6.45, 7) is 8.79. The fourth-order valence-electron chi connectivity index (χ4n) is 3.03. The van der Waals surface area contributed by atoms with Crippen molar-refractivity contribution in [2.45, 2.75) is 71.9 Å². The zero-order valence-corrected chi connectivity index (χ0v) is 10.9. The van der Waals surface area contributed by atoms with Crippen LogP contribution in [0.4, 0.5) is 4.39 Å². The summed E-state index contributed by atoms with van der Waals surface area (Å²) < 4.78 is 14.3. The van der Waals surface area contributed by atoms with Gasteiger partial charge in [0.15, 0.2) is 0 Å². The first-order chi connectivity index (χ1) is 6.91. The van der Waals surface area contributed by atoms with E-state index in [0.29, 0.717) is 5.92 Å². The van der Waals surface area contributed by atoms with Gasteiger partial charge < -0.3 is 0 Å². The molecule has 0 aromatic rings. The molecule has 0 N–H and O–H groups in total. The van der Waals surface area contributed by atoms with E-state index in [1.54, 1.807) is 0 Å². The topological polar surface area (TPSA) is 0 Å². The van der Waals surface area contributed by atoms with E-state index in [1.165, 1.54) is 6.42 Å². The summed E-state index contributed by atoms with van der Waals surface area (Å²) in [5.74, 6) is 2.06. The lowest BCUT2D eigenvalue weighted by molar-refractivity contribution is 0.0570. The highest BCUT2D eigenvalue weighted by Crippen LogP contribution is 2.41. The molecule has 0 atom stereocenters. The zero-order valence-electron chi connectivity index (χ0n) is 10.9. The Balaban J connectivity index is 2.34. The van der Waals surface area contributed by atoms with Gasteiger partial charge in [0.05, 0.1) is 0 Å². The highest BCUT2D eigenvalue weighted by atomic mass is 19.1. The van der Waals surface area contributed by atoms with E-state index in [0.717, 1.165) is 43.9 Å².